The van der Waals surface area contributed by atoms with Gasteiger partial charge in [-0.25, -0.2) is 4.98 Å². The van der Waals surface area contributed by atoms with Crippen LogP contribution in [0.5, 0.6) is 5.75 Å². The number of aliphatic hydroxyl groups excluding tert-OH is 1. The van der Waals surface area contributed by atoms with Crippen LogP contribution in [-0.2, 0) is 12.7 Å². The van der Waals surface area contributed by atoms with Crippen molar-refractivity contribution in [2.24, 2.45) is 0 Å². The fourth-order valence-electron chi connectivity index (χ4n) is 4.81. The van der Waals surface area contributed by atoms with Crippen LogP contribution >= 0.6 is 11.3 Å². The van der Waals surface area contributed by atoms with E-state index in [4.69, 9.17) is 9.26 Å². The number of rotatable bonds is 8. The predicted octanol–water partition coefficient (Wildman–Crippen LogP) is 5.01. The highest BCUT2D eigenvalue weighted by atomic mass is 32.1. The molecule has 1 fully saturated rings. The van der Waals surface area contributed by atoms with Crippen LogP contribution < -0.4 is 4.74 Å². The number of β-amino-alcohol motifs (C(OH)–C–C–N with tert-alkyl or cyclic N) is 1. The highest BCUT2D eigenvalue weighted by Gasteiger charge is 2.35. The maximum Gasteiger partial charge on any atom is 0.416 e. The first-order valence-electron chi connectivity index (χ1n) is 12.6. The van der Waals surface area contributed by atoms with E-state index in [1.54, 1.807) is 11.3 Å². The zero-order valence-electron chi connectivity index (χ0n) is 21.9. The number of nitrogens with zero attached hydrogens (tertiary/aromatic N) is 5. The highest BCUT2D eigenvalue weighted by Crippen LogP contribution is 2.31. The molecule has 0 aliphatic carbocycles. The molecule has 8 nitrogen and oxygen atoms in total. The van der Waals surface area contributed by atoms with Gasteiger partial charge < -0.3 is 14.4 Å². The molecule has 1 N–H and O–H groups in total. The molecule has 0 radical (unpaired) electrons. The maximum atomic E-state index is 12.8. The molecule has 0 bridgehead atoms. The molecular weight excluding hydrogens is 531 g/mol. The van der Waals surface area contributed by atoms with E-state index < -0.39 is 17.8 Å². The molecule has 2 aromatic heterocycles. The molecule has 12 heteroatoms. The van der Waals surface area contributed by atoms with Gasteiger partial charge in [-0.1, -0.05) is 5.16 Å². The minimum absolute atomic E-state index is 0.181. The zero-order valence-corrected chi connectivity index (χ0v) is 22.7. The summed E-state index contributed by atoms with van der Waals surface area (Å²) in [6, 6.07) is 10.4. The van der Waals surface area contributed by atoms with Crippen molar-refractivity contribution in [2.45, 2.75) is 45.1 Å². The average molecular weight is 562 g/mol. The number of fused-ring (bicyclic) bond motifs is 1. The number of piperazine rings is 1. The fraction of sp³-hybridized carbons (Fsp3) is 0.444. The van der Waals surface area contributed by atoms with Crippen LogP contribution in [0.15, 0.2) is 47.0 Å². The van der Waals surface area contributed by atoms with Crippen LogP contribution in [0.2, 0.25) is 0 Å². The molecule has 1 aliphatic heterocycles. The predicted molar refractivity (Wildman–Crippen MR) is 142 cm³/mol. The van der Waals surface area contributed by atoms with E-state index in [9.17, 15) is 18.3 Å². The van der Waals surface area contributed by atoms with Crippen LogP contribution in [0.1, 0.15) is 30.2 Å². The molecule has 0 amide bonds. The van der Waals surface area contributed by atoms with Crippen molar-refractivity contribution < 1.29 is 27.5 Å². The van der Waals surface area contributed by atoms with Crippen molar-refractivity contribution in [3.05, 3.63) is 58.9 Å². The van der Waals surface area contributed by atoms with Gasteiger partial charge in [0.05, 0.1) is 27.3 Å². The Morgan fingerprint density at radius 2 is 1.90 bits per heavy atom. The minimum atomic E-state index is -4.40. The number of halogens is 3. The number of aromatic nitrogens is 3. The van der Waals surface area contributed by atoms with Gasteiger partial charge in [0.1, 0.15) is 18.5 Å². The third-order valence-corrected chi connectivity index (χ3v) is 7.74. The Morgan fingerprint density at radius 3 is 2.62 bits per heavy atom. The summed E-state index contributed by atoms with van der Waals surface area (Å²) in [4.78, 5) is 13.3. The van der Waals surface area contributed by atoms with E-state index in [1.807, 2.05) is 25.1 Å². The quantitative estimate of drug-likeness (QED) is 0.321. The lowest BCUT2D eigenvalue weighted by atomic mass is 9.98. The van der Waals surface area contributed by atoms with Gasteiger partial charge in [0, 0.05) is 43.3 Å². The second-order valence-corrected chi connectivity index (χ2v) is 11.6. The molecule has 208 valence electrons. The standard InChI is InChI=1S/C27H30F3N5O3S/c1-17-31-22-12-21(8-9-23(22)39-17)37-15-20(36)13-35-11-10-34(16-26(35,2)3)14-24-32-25(38-33-24)18-4-6-19(7-5-18)27(28,29)30/h4-9,12,20,36H,10-11,13-16H2,1-3H3/t20-/m1/s1. The summed E-state index contributed by atoms with van der Waals surface area (Å²) in [7, 11) is 0. The largest absolute Gasteiger partial charge is 0.491 e. The van der Waals surface area contributed by atoms with E-state index in [1.165, 1.54) is 12.1 Å². The molecule has 1 aliphatic rings. The second kappa shape index (κ2) is 10.8. The number of benzene rings is 2. The van der Waals surface area contributed by atoms with Gasteiger partial charge in [-0.15, -0.1) is 11.3 Å². The molecule has 4 aromatic rings. The van der Waals surface area contributed by atoms with Crippen molar-refractivity contribution in [3.63, 3.8) is 0 Å². The van der Waals surface area contributed by atoms with Gasteiger partial charge in [0.25, 0.3) is 5.89 Å². The van der Waals surface area contributed by atoms with Crippen LogP contribution in [0.4, 0.5) is 13.2 Å². The van der Waals surface area contributed by atoms with Gasteiger partial charge in [0.2, 0.25) is 0 Å². The second-order valence-electron chi connectivity index (χ2n) is 10.4. The third-order valence-electron chi connectivity index (χ3n) is 6.78. The summed E-state index contributed by atoms with van der Waals surface area (Å²) in [6.07, 6.45) is -5.06. The number of hydrogen-bond donors (Lipinski definition) is 1. The maximum absolute atomic E-state index is 12.8. The van der Waals surface area contributed by atoms with Crippen LogP contribution in [-0.4, -0.2) is 74.5 Å². The first kappa shape index (κ1) is 27.5. The average Bonchev–Trinajstić information content (AvgIpc) is 3.49. The van der Waals surface area contributed by atoms with Crippen LogP contribution in [0.3, 0.4) is 0 Å². The summed E-state index contributed by atoms with van der Waals surface area (Å²) >= 11 is 1.64. The van der Waals surface area contributed by atoms with Gasteiger partial charge in [-0.05, 0) is 57.2 Å². The Balaban J connectivity index is 1.12. The van der Waals surface area contributed by atoms with Crippen molar-refractivity contribution in [1.82, 2.24) is 24.9 Å². The molecule has 39 heavy (non-hydrogen) atoms. The summed E-state index contributed by atoms with van der Waals surface area (Å²) in [5, 5.41) is 15.7. The highest BCUT2D eigenvalue weighted by molar-refractivity contribution is 7.18. The smallest absolute Gasteiger partial charge is 0.416 e. The van der Waals surface area contributed by atoms with Gasteiger partial charge in [-0.3, -0.25) is 9.80 Å². The Kier molecular flexibility index (Phi) is 7.64. The Bertz CT molecular complexity index is 1420. The molecule has 1 atom stereocenters. The van der Waals surface area contributed by atoms with E-state index in [0.29, 0.717) is 36.8 Å². The van der Waals surface area contributed by atoms with Gasteiger partial charge >= 0.3 is 6.18 Å². The monoisotopic (exact) mass is 561 g/mol. The third kappa shape index (κ3) is 6.57. The SMILES string of the molecule is Cc1nc2cc(OC[C@H](O)CN3CCN(Cc4noc(-c5ccc(C(F)(F)F)cc5)n4)CC3(C)C)ccc2s1. The number of hydrogen-bond acceptors (Lipinski definition) is 9. The molecule has 0 unspecified atom stereocenters. The molecule has 2 aromatic carbocycles. The minimum Gasteiger partial charge on any atom is -0.491 e. The van der Waals surface area contributed by atoms with Crippen molar-refractivity contribution in [2.75, 3.05) is 32.8 Å². The number of ether oxygens (including phenoxy) is 1. The van der Waals surface area contributed by atoms with E-state index in [-0.39, 0.29) is 18.0 Å². The zero-order chi connectivity index (χ0) is 27.8. The van der Waals surface area contributed by atoms with Gasteiger partial charge in [0.15, 0.2) is 5.82 Å². The number of thiazole rings is 1. The Hall–Kier alpha value is -3.06. The Labute approximate surface area is 228 Å². The van der Waals surface area contributed by atoms with E-state index in [0.717, 1.165) is 40.4 Å². The number of aliphatic hydroxyl groups is 1. The lowest BCUT2D eigenvalue weighted by Gasteiger charge is -2.47. The fourth-order valence-corrected chi connectivity index (χ4v) is 5.62. The van der Waals surface area contributed by atoms with E-state index >= 15 is 0 Å². The first-order chi connectivity index (χ1) is 18.5. The van der Waals surface area contributed by atoms with Crippen LogP contribution in [0, 0.1) is 6.92 Å². The molecule has 0 spiro atoms. The topological polar surface area (TPSA) is 87.8 Å². The Morgan fingerprint density at radius 1 is 1.13 bits per heavy atom. The van der Waals surface area contributed by atoms with E-state index in [2.05, 4.69) is 38.8 Å². The molecular formula is C27H30F3N5O3S. The van der Waals surface area contributed by atoms with Crippen LogP contribution in [0.25, 0.3) is 21.7 Å². The summed E-state index contributed by atoms with van der Waals surface area (Å²) in [5.74, 6) is 1.34. The summed E-state index contributed by atoms with van der Waals surface area (Å²) < 4.78 is 50.7. The van der Waals surface area contributed by atoms with Crippen molar-refractivity contribution in [3.8, 4) is 17.2 Å². The lowest BCUT2D eigenvalue weighted by molar-refractivity contribution is -0.137. The molecule has 0 saturated carbocycles. The first-order valence-corrected chi connectivity index (χ1v) is 13.4. The normalized spacial score (nSPS) is 17.5. The van der Waals surface area contributed by atoms with Crippen molar-refractivity contribution >= 4 is 21.6 Å². The molecule has 1 saturated heterocycles. The molecule has 5 rings (SSSR count). The summed E-state index contributed by atoms with van der Waals surface area (Å²) in [6.45, 7) is 9.50. The van der Waals surface area contributed by atoms with Crippen molar-refractivity contribution in [1.29, 1.82) is 0 Å². The summed E-state index contributed by atoms with van der Waals surface area (Å²) in [5.41, 5.74) is 0.380. The number of aryl methyl sites for hydroxylation is 1. The van der Waals surface area contributed by atoms with Gasteiger partial charge in [-0.2, -0.15) is 18.2 Å². The molecule has 3 heterocycles. The lowest BCUT2D eigenvalue weighted by Crippen LogP contribution is -2.60. The number of alkyl halides is 3.